The molecule has 0 aromatic heterocycles. The van der Waals surface area contributed by atoms with E-state index in [1.165, 1.54) is 0 Å². The molecule has 160 valence electrons. The molecule has 0 radical (unpaired) electrons. The molecule has 0 spiro atoms. The zero-order valence-corrected chi connectivity index (χ0v) is 15.1. The molecule has 7 unspecified atom stereocenters. The third kappa shape index (κ3) is 3.25. The van der Waals surface area contributed by atoms with Crippen molar-refractivity contribution in [2.75, 3.05) is 0 Å². The summed E-state index contributed by atoms with van der Waals surface area (Å²) in [5.74, 6) is -4.88. The van der Waals surface area contributed by atoms with Gasteiger partial charge in [0.1, 0.15) is 6.10 Å². The molecule has 3 rings (SSSR count). The van der Waals surface area contributed by atoms with E-state index < -0.39 is 63.4 Å². The lowest BCUT2D eigenvalue weighted by Crippen LogP contribution is -2.53. The van der Waals surface area contributed by atoms with E-state index >= 15 is 0 Å². The predicted molar refractivity (Wildman–Crippen MR) is 77.4 cm³/mol. The highest BCUT2D eigenvalue weighted by Crippen LogP contribution is 2.63. The monoisotopic (exact) mass is 435 g/mol. The molecule has 3 fully saturated rings. The number of hydrogen-bond donors (Lipinski definition) is 0. The van der Waals surface area contributed by atoms with Gasteiger partial charge in [-0.3, -0.25) is 9.59 Å². The molecule has 0 N–H and O–H groups in total. The van der Waals surface area contributed by atoms with Crippen molar-refractivity contribution in [3.63, 3.8) is 0 Å². The Morgan fingerprint density at radius 1 is 1.04 bits per heavy atom. The molecule has 0 aromatic carbocycles. The van der Waals surface area contributed by atoms with E-state index in [4.69, 9.17) is 4.74 Å². The third-order valence-electron chi connectivity index (χ3n) is 5.99. The highest BCUT2D eigenvalue weighted by molar-refractivity contribution is 7.86. The molecule has 3 aliphatic rings. The van der Waals surface area contributed by atoms with Crippen LogP contribution in [0.15, 0.2) is 0 Å². The van der Waals surface area contributed by atoms with E-state index in [0.717, 1.165) is 6.92 Å². The van der Waals surface area contributed by atoms with Crippen LogP contribution >= 0.6 is 0 Å². The lowest BCUT2D eigenvalue weighted by molar-refractivity contribution is -0.262. The minimum atomic E-state index is -6.75. The number of hydrogen-bond acceptors (Lipinski definition) is 7. The van der Waals surface area contributed by atoms with Gasteiger partial charge >= 0.3 is 23.4 Å². The van der Waals surface area contributed by atoms with E-state index in [1.54, 1.807) is 0 Å². The first-order valence-electron chi connectivity index (χ1n) is 8.44. The SMILES string of the molecule is CC(=O)OC1C2CCC3C2CC1C3C(=O)OC(C(F)(F)F)C(F)(F)S(=O)(=O)[O-]. The van der Waals surface area contributed by atoms with Gasteiger partial charge in [-0.2, -0.15) is 22.0 Å². The predicted octanol–water partition coefficient (Wildman–Crippen LogP) is 1.82. The summed E-state index contributed by atoms with van der Waals surface area (Å²) in [5, 5.41) is -5.88. The van der Waals surface area contributed by atoms with Crippen LogP contribution in [-0.2, 0) is 29.2 Å². The molecule has 13 heteroatoms. The summed E-state index contributed by atoms with van der Waals surface area (Å²) in [6.45, 7) is 1.13. The Bertz CT molecular complexity index is 780. The van der Waals surface area contributed by atoms with Crippen LogP contribution < -0.4 is 0 Å². The van der Waals surface area contributed by atoms with Crippen molar-refractivity contribution in [1.29, 1.82) is 0 Å². The fraction of sp³-hybridized carbons (Fsp3) is 0.867. The average molecular weight is 435 g/mol. The zero-order valence-electron chi connectivity index (χ0n) is 14.3. The molecule has 7 atom stereocenters. The highest BCUT2D eigenvalue weighted by Gasteiger charge is 2.67. The van der Waals surface area contributed by atoms with Gasteiger partial charge < -0.3 is 14.0 Å². The number of esters is 2. The first-order chi connectivity index (χ1) is 12.7. The first kappa shape index (κ1) is 21.2. The number of carbonyl (C=O) groups excluding carboxylic acids is 2. The molecule has 7 nitrogen and oxygen atoms in total. The summed E-state index contributed by atoms with van der Waals surface area (Å²) >= 11 is 0. The van der Waals surface area contributed by atoms with Gasteiger partial charge in [0.25, 0.3) is 6.10 Å². The van der Waals surface area contributed by atoms with E-state index in [0.29, 0.717) is 19.3 Å². The van der Waals surface area contributed by atoms with Crippen molar-refractivity contribution in [2.24, 2.45) is 29.6 Å². The number of ether oxygens (including phenoxy) is 2. The van der Waals surface area contributed by atoms with Crippen molar-refractivity contribution in [3.05, 3.63) is 0 Å². The topological polar surface area (TPSA) is 110 Å². The van der Waals surface area contributed by atoms with E-state index in [-0.39, 0.29) is 11.8 Å². The Kier molecular flexibility index (Phi) is 4.93. The Labute approximate surface area is 156 Å². The maximum absolute atomic E-state index is 13.6. The zero-order chi connectivity index (χ0) is 21.2. The molecule has 0 aromatic rings. The number of rotatable bonds is 5. The van der Waals surface area contributed by atoms with Crippen LogP contribution in [0.25, 0.3) is 0 Å². The first-order valence-corrected chi connectivity index (χ1v) is 9.84. The standard InChI is InChI=1S/C15H17F5O7S/c1-5(21)26-11-7-3-2-6-8(7)4-9(11)10(6)12(22)27-13(14(16,17)18)15(19,20)28(23,24)25/h6-11,13H,2-4H2,1H3,(H,23,24,25)/p-1. The van der Waals surface area contributed by atoms with Gasteiger partial charge in [0, 0.05) is 12.8 Å². The molecular formula is C15H16F5O7S-. The maximum atomic E-state index is 13.6. The summed E-state index contributed by atoms with van der Waals surface area (Å²) in [7, 11) is -6.75. The molecule has 0 aliphatic heterocycles. The van der Waals surface area contributed by atoms with Crippen molar-refractivity contribution < 1.29 is 54.0 Å². The van der Waals surface area contributed by atoms with E-state index in [9.17, 15) is 44.5 Å². The second kappa shape index (κ2) is 6.51. The summed E-state index contributed by atoms with van der Waals surface area (Å²) < 4.78 is 107. The number of fused-ring (bicyclic) bond motifs is 1. The Morgan fingerprint density at radius 2 is 1.61 bits per heavy atom. The maximum Gasteiger partial charge on any atom is 0.432 e. The van der Waals surface area contributed by atoms with Crippen LogP contribution in [0.5, 0.6) is 0 Å². The van der Waals surface area contributed by atoms with Crippen molar-refractivity contribution in [1.82, 2.24) is 0 Å². The largest absolute Gasteiger partial charge is 0.743 e. The van der Waals surface area contributed by atoms with Crippen molar-refractivity contribution >= 4 is 22.1 Å². The smallest absolute Gasteiger partial charge is 0.432 e. The minimum absolute atomic E-state index is 0.0650. The van der Waals surface area contributed by atoms with Crippen LogP contribution in [0.4, 0.5) is 22.0 Å². The Hall–Kier alpha value is -1.50. The molecule has 0 heterocycles. The second-order valence-corrected chi connectivity index (χ2v) is 8.90. The number of carbonyl (C=O) groups is 2. The van der Waals surface area contributed by atoms with Crippen LogP contribution in [0, 0.1) is 29.6 Å². The van der Waals surface area contributed by atoms with E-state index in [2.05, 4.69) is 4.74 Å². The molecule has 2 bridgehead atoms. The molecule has 0 amide bonds. The third-order valence-corrected chi connectivity index (χ3v) is 6.87. The van der Waals surface area contributed by atoms with Crippen LogP contribution in [0.2, 0.25) is 0 Å². The van der Waals surface area contributed by atoms with Gasteiger partial charge in [0.2, 0.25) is 0 Å². The fourth-order valence-corrected chi connectivity index (χ4v) is 5.58. The fourth-order valence-electron chi connectivity index (χ4n) is 5.14. The van der Waals surface area contributed by atoms with Gasteiger partial charge in [-0.05, 0) is 37.0 Å². The van der Waals surface area contributed by atoms with Gasteiger partial charge in [0.15, 0.2) is 10.1 Å². The van der Waals surface area contributed by atoms with Crippen molar-refractivity contribution in [3.8, 4) is 0 Å². The minimum Gasteiger partial charge on any atom is -0.743 e. The second-order valence-electron chi connectivity index (χ2n) is 7.44. The summed E-state index contributed by atoms with van der Waals surface area (Å²) in [5.41, 5.74) is 0. The molecule has 28 heavy (non-hydrogen) atoms. The van der Waals surface area contributed by atoms with Gasteiger partial charge in [-0.1, -0.05) is 0 Å². The number of halogens is 5. The molecular weight excluding hydrogens is 419 g/mol. The molecule has 3 saturated carbocycles. The number of alkyl halides is 5. The Balaban J connectivity index is 1.86. The van der Waals surface area contributed by atoms with Crippen LogP contribution in [-0.4, -0.2) is 48.5 Å². The Morgan fingerprint density at radius 3 is 2.11 bits per heavy atom. The van der Waals surface area contributed by atoms with Crippen LogP contribution in [0.1, 0.15) is 26.2 Å². The summed E-state index contributed by atoms with van der Waals surface area (Å²) in [4.78, 5) is 23.7. The quantitative estimate of drug-likeness (QED) is 0.368. The lowest BCUT2D eigenvalue weighted by atomic mass is 9.78. The molecule has 3 aliphatic carbocycles. The normalized spacial score (nSPS) is 35.7. The van der Waals surface area contributed by atoms with Crippen LogP contribution in [0.3, 0.4) is 0 Å². The summed E-state index contributed by atoms with van der Waals surface area (Å²) in [6, 6.07) is 0. The van der Waals surface area contributed by atoms with Gasteiger partial charge in [-0.15, -0.1) is 0 Å². The molecule has 0 saturated heterocycles. The van der Waals surface area contributed by atoms with Gasteiger partial charge in [-0.25, -0.2) is 8.42 Å². The average Bonchev–Trinajstić information content (AvgIpc) is 3.11. The lowest BCUT2D eigenvalue weighted by Gasteiger charge is -2.35. The van der Waals surface area contributed by atoms with Crippen molar-refractivity contribution in [2.45, 2.75) is 49.8 Å². The van der Waals surface area contributed by atoms with Gasteiger partial charge in [0.05, 0.1) is 5.92 Å². The summed E-state index contributed by atoms with van der Waals surface area (Å²) in [6.07, 6.45) is -9.82. The van der Waals surface area contributed by atoms with E-state index in [1.807, 2.05) is 0 Å². The highest BCUT2D eigenvalue weighted by atomic mass is 32.2.